The maximum absolute atomic E-state index is 12.3. The number of carbonyl (C=O) groups is 2. The summed E-state index contributed by atoms with van der Waals surface area (Å²) in [5.41, 5.74) is 0. The summed E-state index contributed by atoms with van der Waals surface area (Å²) in [7, 11) is 0. The Labute approximate surface area is 144 Å². The van der Waals surface area contributed by atoms with Gasteiger partial charge in [-0.25, -0.2) is 0 Å². The summed E-state index contributed by atoms with van der Waals surface area (Å²) in [5, 5.41) is 7.13. The van der Waals surface area contributed by atoms with Gasteiger partial charge in [0.25, 0.3) is 0 Å². The van der Waals surface area contributed by atoms with Crippen molar-refractivity contribution in [3.8, 4) is 0 Å². The van der Waals surface area contributed by atoms with Crippen molar-refractivity contribution in [2.45, 2.75) is 44.6 Å². The Hall–Kier alpha value is -1.46. The lowest BCUT2D eigenvalue weighted by Gasteiger charge is -2.23. The summed E-state index contributed by atoms with van der Waals surface area (Å²) in [4.78, 5) is 26.3. The molecule has 1 amide bonds. The van der Waals surface area contributed by atoms with Crippen LogP contribution >= 0.6 is 22.7 Å². The van der Waals surface area contributed by atoms with Crippen LogP contribution in [0.25, 0.3) is 0 Å². The Morgan fingerprint density at radius 3 is 2.48 bits per heavy atom. The normalized spacial score (nSPS) is 16.3. The van der Waals surface area contributed by atoms with Crippen molar-refractivity contribution in [3.63, 3.8) is 0 Å². The molecule has 0 bridgehead atoms. The first-order valence-corrected chi connectivity index (χ1v) is 9.89. The molecule has 2 heterocycles. The van der Waals surface area contributed by atoms with Crippen molar-refractivity contribution in [2.24, 2.45) is 5.92 Å². The molecule has 1 saturated carbocycles. The summed E-state index contributed by atoms with van der Waals surface area (Å²) in [5.74, 6) is 0.578. The van der Waals surface area contributed by atoms with Gasteiger partial charge in [0.05, 0.1) is 10.9 Å². The number of hydrogen-bond acceptors (Lipinski definition) is 4. The molecule has 122 valence electrons. The molecular weight excluding hydrogens is 326 g/mol. The maximum atomic E-state index is 12.3. The zero-order valence-corrected chi connectivity index (χ0v) is 14.6. The Morgan fingerprint density at radius 1 is 1.09 bits per heavy atom. The van der Waals surface area contributed by atoms with Crippen molar-refractivity contribution >= 4 is 34.4 Å². The van der Waals surface area contributed by atoms with Gasteiger partial charge in [-0.1, -0.05) is 25.0 Å². The van der Waals surface area contributed by atoms with E-state index in [1.807, 2.05) is 23.6 Å². The lowest BCUT2D eigenvalue weighted by molar-refractivity contribution is -0.122. The van der Waals surface area contributed by atoms with Crippen LogP contribution < -0.4 is 5.32 Å². The van der Waals surface area contributed by atoms with E-state index in [1.54, 1.807) is 11.3 Å². The van der Waals surface area contributed by atoms with Gasteiger partial charge in [0.1, 0.15) is 0 Å². The van der Waals surface area contributed by atoms with Crippen LogP contribution in [0.5, 0.6) is 0 Å². The van der Waals surface area contributed by atoms with Crippen LogP contribution in [0, 0.1) is 5.92 Å². The van der Waals surface area contributed by atoms with Crippen LogP contribution in [0.1, 0.15) is 59.1 Å². The third kappa shape index (κ3) is 4.30. The topological polar surface area (TPSA) is 46.2 Å². The molecule has 3 nitrogen and oxygen atoms in total. The van der Waals surface area contributed by atoms with Gasteiger partial charge in [0, 0.05) is 17.7 Å². The smallest absolute Gasteiger partial charge is 0.220 e. The summed E-state index contributed by atoms with van der Waals surface area (Å²) < 4.78 is 0. The van der Waals surface area contributed by atoms with Crippen LogP contribution in [0.3, 0.4) is 0 Å². The van der Waals surface area contributed by atoms with E-state index < -0.39 is 0 Å². The van der Waals surface area contributed by atoms with Crippen molar-refractivity contribution in [2.75, 3.05) is 0 Å². The average Bonchev–Trinajstić information content (AvgIpc) is 3.33. The Balaban J connectivity index is 1.56. The number of carbonyl (C=O) groups excluding carboxylic acids is 2. The molecule has 1 N–H and O–H groups in total. The van der Waals surface area contributed by atoms with Gasteiger partial charge in [0.15, 0.2) is 5.78 Å². The van der Waals surface area contributed by atoms with E-state index in [-0.39, 0.29) is 30.6 Å². The molecule has 1 fully saturated rings. The molecule has 1 aliphatic rings. The zero-order valence-electron chi connectivity index (χ0n) is 13.0. The second-order valence-electron chi connectivity index (χ2n) is 6.01. The highest BCUT2D eigenvalue weighted by Gasteiger charge is 2.28. The fourth-order valence-electron chi connectivity index (χ4n) is 3.21. The zero-order chi connectivity index (χ0) is 16.1. The van der Waals surface area contributed by atoms with E-state index in [0.29, 0.717) is 5.92 Å². The van der Waals surface area contributed by atoms with Crippen LogP contribution in [-0.2, 0) is 4.79 Å². The highest BCUT2D eigenvalue weighted by Crippen LogP contribution is 2.37. The minimum atomic E-state index is -0.0137. The van der Waals surface area contributed by atoms with E-state index in [1.165, 1.54) is 41.9 Å². The average molecular weight is 348 g/mol. The van der Waals surface area contributed by atoms with Gasteiger partial charge in [-0.3, -0.25) is 9.59 Å². The number of Topliss-reactive ketones (excluding diaryl/α,β-unsaturated/α-hetero) is 1. The first-order chi connectivity index (χ1) is 11.2. The molecule has 3 rings (SSSR count). The van der Waals surface area contributed by atoms with E-state index in [0.717, 1.165) is 4.88 Å². The third-order valence-corrected chi connectivity index (χ3v) is 6.28. The summed E-state index contributed by atoms with van der Waals surface area (Å²) in [6.07, 6.45) is 5.41. The standard InChI is InChI=1S/C18H21NO2S2/c20-14(15-7-3-11-22-15)9-10-17(21)19-18(13-5-1-2-6-13)16-8-4-12-23-16/h3-4,7-8,11-13,18H,1-2,5-6,9-10H2,(H,19,21)/t18-/m0/s1. The minimum Gasteiger partial charge on any atom is -0.348 e. The van der Waals surface area contributed by atoms with E-state index in [4.69, 9.17) is 0 Å². The molecule has 2 aromatic heterocycles. The molecule has 23 heavy (non-hydrogen) atoms. The molecule has 2 aromatic rings. The Kier molecular flexibility index (Phi) is 5.62. The molecule has 0 radical (unpaired) electrons. The maximum Gasteiger partial charge on any atom is 0.220 e. The van der Waals surface area contributed by atoms with Crippen LogP contribution in [-0.4, -0.2) is 11.7 Å². The van der Waals surface area contributed by atoms with Crippen molar-refractivity contribution in [3.05, 3.63) is 44.8 Å². The Bertz CT molecular complexity index is 628. The first-order valence-electron chi connectivity index (χ1n) is 8.13. The van der Waals surface area contributed by atoms with Crippen molar-refractivity contribution in [1.82, 2.24) is 5.32 Å². The predicted molar refractivity (Wildman–Crippen MR) is 95.0 cm³/mol. The quantitative estimate of drug-likeness (QED) is 0.730. The van der Waals surface area contributed by atoms with Gasteiger partial charge in [-0.2, -0.15) is 0 Å². The van der Waals surface area contributed by atoms with Crippen molar-refractivity contribution < 1.29 is 9.59 Å². The molecule has 0 unspecified atom stereocenters. The molecule has 0 saturated heterocycles. The first kappa shape index (κ1) is 16.4. The monoisotopic (exact) mass is 347 g/mol. The number of hydrogen-bond donors (Lipinski definition) is 1. The number of thiophene rings is 2. The number of rotatable bonds is 7. The SMILES string of the molecule is O=C(CCC(=O)c1cccs1)N[C@H](c1cccs1)C1CCCC1. The summed E-state index contributed by atoms with van der Waals surface area (Å²) in [6, 6.07) is 7.93. The van der Waals surface area contributed by atoms with E-state index in [2.05, 4.69) is 16.8 Å². The molecule has 1 atom stereocenters. The molecule has 5 heteroatoms. The van der Waals surface area contributed by atoms with Crippen LogP contribution in [0.2, 0.25) is 0 Å². The largest absolute Gasteiger partial charge is 0.348 e. The molecular formula is C18H21NO2S2. The summed E-state index contributed by atoms with van der Waals surface area (Å²) in [6.45, 7) is 0. The third-order valence-electron chi connectivity index (χ3n) is 4.41. The van der Waals surface area contributed by atoms with Gasteiger partial charge in [-0.05, 0) is 41.7 Å². The Morgan fingerprint density at radius 2 is 1.83 bits per heavy atom. The van der Waals surface area contributed by atoms with E-state index in [9.17, 15) is 9.59 Å². The van der Waals surface area contributed by atoms with E-state index >= 15 is 0 Å². The van der Waals surface area contributed by atoms with Crippen LogP contribution in [0.15, 0.2) is 35.0 Å². The second kappa shape index (κ2) is 7.88. The minimum absolute atomic E-state index is 0.0137. The predicted octanol–water partition coefficient (Wildman–Crippen LogP) is 4.82. The highest BCUT2D eigenvalue weighted by atomic mass is 32.1. The highest BCUT2D eigenvalue weighted by molar-refractivity contribution is 7.12. The second-order valence-corrected chi connectivity index (χ2v) is 7.93. The van der Waals surface area contributed by atoms with Gasteiger partial charge >= 0.3 is 0 Å². The molecule has 0 aromatic carbocycles. The number of nitrogens with one attached hydrogen (secondary N) is 1. The van der Waals surface area contributed by atoms with Gasteiger partial charge in [-0.15, -0.1) is 22.7 Å². The number of ketones is 1. The lowest BCUT2D eigenvalue weighted by Crippen LogP contribution is -2.32. The molecule has 0 spiro atoms. The summed E-state index contributed by atoms with van der Waals surface area (Å²) >= 11 is 3.14. The van der Waals surface area contributed by atoms with Crippen molar-refractivity contribution in [1.29, 1.82) is 0 Å². The fourth-order valence-corrected chi connectivity index (χ4v) is 4.78. The number of amides is 1. The lowest BCUT2D eigenvalue weighted by atomic mass is 9.96. The molecule has 1 aliphatic carbocycles. The van der Waals surface area contributed by atoms with Crippen LogP contribution in [0.4, 0.5) is 0 Å². The fraction of sp³-hybridized carbons (Fsp3) is 0.444. The molecule has 0 aliphatic heterocycles. The van der Waals surface area contributed by atoms with Gasteiger partial charge < -0.3 is 5.32 Å². The van der Waals surface area contributed by atoms with Gasteiger partial charge in [0.2, 0.25) is 5.91 Å².